The molecule has 4 nitrogen and oxygen atoms in total. The number of aliphatic imine (C=N–C) groups is 1. The summed E-state index contributed by atoms with van der Waals surface area (Å²) in [6.45, 7) is 3.91. The number of hydrogen-bond acceptors (Lipinski definition) is 4. The molecule has 1 aromatic rings. The van der Waals surface area contributed by atoms with Crippen molar-refractivity contribution >= 4 is 21.3 Å². The van der Waals surface area contributed by atoms with Gasteiger partial charge in [-0.05, 0) is 13.8 Å². The molecule has 0 radical (unpaired) electrons. The van der Waals surface area contributed by atoms with Crippen molar-refractivity contribution in [3.05, 3.63) is 17.6 Å². The summed E-state index contributed by atoms with van der Waals surface area (Å²) in [6.07, 6.45) is 3.37. The van der Waals surface area contributed by atoms with Crippen molar-refractivity contribution in [3.8, 4) is 0 Å². The molecule has 0 fully saturated rings. The molecule has 2 atom stereocenters. The lowest BCUT2D eigenvalue weighted by molar-refractivity contribution is 0.765. The molecule has 2 unspecified atom stereocenters. The maximum absolute atomic E-state index is 4.31. The van der Waals surface area contributed by atoms with E-state index in [4.69, 9.17) is 0 Å². The van der Waals surface area contributed by atoms with Gasteiger partial charge in [0.1, 0.15) is 17.5 Å². The maximum Gasteiger partial charge on any atom is 0.140 e. The fourth-order valence-corrected chi connectivity index (χ4v) is 1.42. The van der Waals surface area contributed by atoms with E-state index in [0.29, 0.717) is 0 Å². The van der Waals surface area contributed by atoms with Crippen molar-refractivity contribution < 1.29 is 0 Å². The second kappa shape index (κ2) is 2.74. The monoisotopic (exact) mass is 194 g/mol. The van der Waals surface area contributed by atoms with Gasteiger partial charge in [-0.15, -0.1) is 0 Å². The number of aromatic nitrogens is 2. The predicted octanol–water partition coefficient (Wildman–Crippen LogP) is 1.18. The molecule has 0 saturated heterocycles. The Morgan fingerprint density at radius 3 is 3.00 bits per heavy atom. The summed E-state index contributed by atoms with van der Waals surface area (Å²) in [5.74, 6) is 0.847. The molecule has 0 aliphatic carbocycles. The Morgan fingerprint density at radius 2 is 2.23 bits per heavy atom. The first-order valence-corrected chi connectivity index (χ1v) is 4.60. The standard InChI is InChI=1S/C8H11N4P/c1-5-6-3-11-8(2,13)12-7(6)10-4-9-5/h3-4H,13H2,1-2H3,(H,9,10,12). The van der Waals surface area contributed by atoms with Crippen molar-refractivity contribution in [1.82, 2.24) is 9.97 Å². The summed E-state index contributed by atoms with van der Waals surface area (Å²) in [4.78, 5) is 12.6. The smallest absolute Gasteiger partial charge is 0.140 e. The molecule has 5 heteroatoms. The zero-order valence-corrected chi connectivity index (χ0v) is 8.73. The highest BCUT2D eigenvalue weighted by molar-refractivity contribution is 7.19. The van der Waals surface area contributed by atoms with Gasteiger partial charge in [-0.25, -0.2) is 9.97 Å². The average Bonchev–Trinajstić information content (AvgIpc) is 2.02. The van der Waals surface area contributed by atoms with Crippen LogP contribution in [0.1, 0.15) is 18.2 Å². The van der Waals surface area contributed by atoms with Crippen LogP contribution in [-0.4, -0.2) is 21.6 Å². The van der Waals surface area contributed by atoms with E-state index in [1.54, 1.807) is 6.33 Å². The summed E-state index contributed by atoms with van der Waals surface area (Å²) in [6, 6.07) is 0. The van der Waals surface area contributed by atoms with E-state index in [1.165, 1.54) is 0 Å². The van der Waals surface area contributed by atoms with Crippen molar-refractivity contribution in [1.29, 1.82) is 0 Å². The summed E-state index contributed by atoms with van der Waals surface area (Å²) in [5, 5.41) is 2.85. The lowest BCUT2D eigenvalue weighted by Crippen LogP contribution is -2.29. The van der Waals surface area contributed by atoms with Crippen molar-refractivity contribution in [2.75, 3.05) is 5.32 Å². The molecule has 13 heavy (non-hydrogen) atoms. The van der Waals surface area contributed by atoms with Crippen LogP contribution in [-0.2, 0) is 0 Å². The molecule has 2 heterocycles. The lowest BCUT2D eigenvalue weighted by atomic mass is 10.2. The molecule has 1 aliphatic rings. The SMILES string of the molecule is Cc1ncnc2c1C=NC(C)(P)N2. The number of hydrogen-bond donors (Lipinski definition) is 1. The molecule has 2 rings (SSSR count). The quantitative estimate of drug-likeness (QED) is 0.631. The molecule has 1 aromatic heterocycles. The van der Waals surface area contributed by atoms with Gasteiger partial charge in [0.05, 0.1) is 11.3 Å². The highest BCUT2D eigenvalue weighted by Crippen LogP contribution is 2.27. The van der Waals surface area contributed by atoms with Gasteiger partial charge in [0, 0.05) is 6.21 Å². The third-order valence-electron chi connectivity index (χ3n) is 1.92. The summed E-state index contributed by atoms with van der Waals surface area (Å²) in [7, 11) is 2.63. The van der Waals surface area contributed by atoms with Crippen molar-refractivity contribution in [2.24, 2.45) is 4.99 Å². The number of nitrogens with one attached hydrogen (secondary N) is 1. The number of fused-ring (bicyclic) bond motifs is 1. The number of rotatable bonds is 0. The fraction of sp³-hybridized carbons (Fsp3) is 0.375. The molecule has 0 amide bonds. The Balaban J connectivity index is 2.53. The Bertz CT molecular complexity index is 372. The van der Waals surface area contributed by atoms with Gasteiger partial charge in [0.25, 0.3) is 0 Å². The van der Waals surface area contributed by atoms with Gasteiger partial charge in [-0.3, -0.25) is 4.99 Å². The minimum Gasteiger partial charge on any atom is -0.343 e. The van der Waals surface area contributed by atoms with E-state index in [2.05, 4.69) is 29.5 Å². The first-order valence-electron chi connectivity index (χ1n) is 4.02. The Labute approximate surface area is 79.1 Å². The van der Waals surface area contributed by atoms with Gasteiger partial charge >= 0.3 is 0 Å². The number of anilines is 1. The van der Waals surface area contributed by atoms with Crippen LogP contribution in [0.2, 0.25) is 0 Å². The van der Waals surface area contributed by atoms with Crippen LogP contribution in [0.3, 0.4) is 0 Å². The highest BCUT2D eigenvalue weighted by atomic mass is 31.0. The second-order valence-electron chi connectivity index (χ2n) is 3.25. The van der Waals surface area contributed by atoms with Gasteiger partial charge < -0.3 is 5.32 Å². The zero-order valence-electron chi connectivity index (χ0n) is 7.57. The van der Waals surface area contributed by atoms with Crippen LogP contribution in [0, 0.1) is 6.92 Å². The van der Waals surface area contributed by atoms with Crippen LogP contribution in [0.5, 0.6) is 0 Å². The molecule has 0 spiro atoms. The minimum atomic E-state index is -0.339. The van der Waals surface area contributed by atoms with Crippen LogP contribution in [0.25, 0.3) is 0 Å². The average molecular weight is 194 g/mol. The fourth-order valence-electron chi connectivity index (χ4n) is 1.21. The molecule has 0 saturated carbocycles. The van der Waals surface area contributed by atoms with Crippen LogP contribution in [0.15, 0.2) is 11.3 Å². The molecular weight excluding hydrogens is 183 g/mol. The third kappa shape index (κ3) is 1.54. The second-order valence-corrected chi connectivity index (χ2v) is 4.38. The van der Waals surface area contributed by atoms with Gasteiger partial charge in [0.15, 0.2) is 0 Å². The third-order valence-corrected chi connectivity index (χ3v) is 2.21. The van der Waals surface area contributed by atoms with Gasteiger partial charge in [-0.1, -0.05) is 9.24 Å². The van der Waals surface area contributed by atoms with Gasteiger partial charge in [0.2, 0.25) is 0 Å². The van der Waals surface area contributed by atoms with E-state index >= 15 is 0 Å². The topological polar surface area (TPSA) is 50.2 Å². The van der Waals surface area contributed by atoms with Gasteiger partial charge in [-0.2, -0.15) is 0 Å². The Hall–Kier alpha value is -1.02. The van der Waals surface area contributed by atoms with Crippen molar-refractivity contribution in [3.63, 3.8) is 0 Å². The summed E-state index contributed by atoms with van der Waals surface area (Å²) in [5.41, 5.74) is 1.92. The number of nitrogens with zero attached hydrogens (tertiary/aromatic N) is 3. The first kappa shape index (κ1) is 8.57. The summed E-state index contributed by atoms with van der Waals surface area (Å²) < 4.78 is 0. The largest absolute Gasteiger partial charge is 0.343 e. The minimum absolute atomic E-state index is 0.339. The van der Waals surface area contributed by atoms with Crippen LogP contribution >= 0.6 is 9.24 Å². The highest BCUT2D eigenvalue weighted by Gasteiger charge is 2.22. The first-order chi connectivity index (χ1) is 6.08. The Morgan fingerprint density at radius 1 is 1.46 bits per heavy atom. The Kier molecular flexibility index (Phi) is 1.81. The van der Waals surface area contributed by atoms with Crippen LogP contribution in [0.4, 0.5) is 5.82 Å². The molecule has 0 aromatic carbocycles. The van der Waals surface area contributed by atoms with Crippen molar-refractivity contribution in [2.45, 2.75) is 19.3 Å². The maximum atomic E-state index is 4.31. The predicted molar refractivity (Wildman–Crippen MR) is 56.1 cm³/mol. The molecule has 68 valence electrons. The molecule has 1 aliphatic heterocycles. The van der Waals surface area contributed by atoms with E-state index in [0.717, 1.165) is 17.1 Å². The van der Waals surface area contributed by atoms with E-state index in [9.17, 15) is 0 Å². The number of aryl methyl sites for hydroxylation is 1. The van der Waals surface area contributed by atoms with E-state index < -0.39 is 0 Å². The molecule has 1 N–H and O–H groups in total. The van der Waals surface area contributed by atoms with Crippen LogP contribution < -0.4 is 5.32 Å². The summed E-state index contributed by atoms with van der Waals surface area (Å²) >= 11 is 0. The molecular formula is C8H11N4P. The van der Waals surface area contributed by atoms with E-state index in [1.807, 2.05) is 20.1 Å². The van der Waals surface area contributed by atoms with E-state index in [-0.39, 0.29) is 5.40 Å². The normalized spacial score (nSPS) is 25.2. The lowest BCUT2D eigenvalue weighted by Gasteiger charge is -2.26. The molecule has 0 bridgehead atoms. The zero-order chi connectivity index (χ0) is 9.47.